The molecule has 3 heterocycles. The quantitative estimate of drug-likeness (QED) is 0.789. The van der Waals surface area contributed by atoms with Crippen LogP contribution in [0.5, 0.6) is 11.5 Å². The molecule has 28 heavy (non-hydrogen) atoms. The largest absolute Gasteiger partial charge is 0.454 e. The van der Waals surface area contributed by atoms with Gasteiger partial charge in [-0.05, 0) is 57.5 Å². The van der Waals surface area contributed by atoms with Gasteiger partial charge in [-0.2, -0.15) is 0 Å². The Hall–Kier alpha value is -2.28. The van der Waals surface area contributed by atoms with Crippen LogP contribution in [-0.2, 0) is 9.59 Å². The molecular formula is C21H29N3O4. The van der Waals surface area contributed by atoms with E-state index in [4.69, 9.17) is 9.47 Å². The number of carbonyl (C=O) groups is 2. The number of likely N-dealkylation sites (N-methyl/N-ethyl adjacent to an activating group) is 1. The third-order valence-electron chi connectivity index (χ3n) is 6.04. The second-order valence-electron chi connectivity index (χ2n) is 8.11. The summed E-state index contributed by atoms with van der Waals surface area (Å²) in [7, 11) is 3.83. The van der Waals surface area contributed by atoms with Crippen LogP contribution in [0.3, 0.4) is 0 Å². The maximum Gasteiger partial charge on any atom is 0.244 e. The Morgan fingerprint density at radius 2 is 1.68 bits per heavy atom. The molecule has 2 fully saturated rings. The molecule has 0 saturated carbocycles. The molecular weight excluding hydrogens is 358 g/mol. The summed E-state index contributed by atoms with van der Waals surface area (Å²) in [6.07, 6.45) is 3.73. The molecule has 4 rings (SSSR count). The van der Waals surface area contributed by atoms with E-state index in [1.54, 1.807) is 0 Å². The molecule has 7 nitrogen and oxygen atoms in total. The molecule has 7 heteroatoms. The van der Waals surface area contributed by atoms with E-state index in [9.17, 15) is 9.59 Å². The Labute approximate surface area is 166 Å². The van der Waals surface area contributed by atoms with Gasteiger partial charge in [-0.15, -0.1) is 0 Å². The first-order valence-electron chi connectivity index (χ1n) is 10.2. The second-order valence-corrected chi connectivity index (χ2v) is 8.11. The number of carbonyl (C=O) groups excluding carboxylic acids is 2. The Morgan fingerprint density at radius 3 is 2.36 bits per heavy atom. The molecule has 0 aliphatic carbocycles. The molecule has 0 unspecified atom stereocenters. The summed E-state index contributed by atoms with van der Waals surface area (Å²) < 4.78 is 10.9. The van der Waals surface area contributed by atoms with Crippen LogP contribution in [0.25, 0.3) is 0 Å². The van der Waals surface area contributed by atoms with Gasteiger partial charge in [0.15, 0.2) is 11.5 Å². The van der Waals surface area contributed by atoms with Crippen molar-refractivity contribution in [3.8, 4) is 11.5 Å². The molecule has 0 radical (unpaired) electrons. The molecule has 1 aromatic carbocycles. The van der Waals surface area contributed by atoms with Gasteiger partial charge in [-0.1, -0.05) is 6.07 Å². The number of hydrogen-bond acceptors (Lipinski definition) is 5. The first-order chi connectivity index (χ1) is 13.5. The number of fused-ring (bicyclic) bond motifs is 1. The van der Waals surface area contributed by atoms with Crippen molar-refractivity contribution in [2.45, 2.75) is 31.7 Å². The molecule has 1 atom stereocenters. The van der Waals surface area contributed by atoms with Crippen molar-refractivity contribution < 1.29 is 19.1 Å². The topological polar surface area (TPSA) is 62.3 Å². The van der Waals surface area contributed by atoms with E-state index in [0.717, 1.165) is 50.1 Å². The van der Waals surface area contributed by atoms with Crippen molar-refractivity contribution in [1.29, 1.82) is 0 Å². The smallest absolute Gasteiger partial charge is 0.244 e. The van der Waals surface area contributed by atoms with E-state index in [-0.39, 0.29) is 30.6 Å². The lowest BCUT2D eigenvalue weighted by molar-refractivity contribution is -0.142. The third kappa shape index (κ3) is 3.68. The van der Waals surface area contributed by atoms with Crippen molar-refractivity contribution in [3.63, 3.8) is 0 Å². The number of piperidine rings is 1. The van der Waals surface area contributed by atoms with E-state index in [2.05, 4.69) is 0 Å². The predicted octanol–water partition coefficient (Wildman–Crippen LogP) is 1.88. The van der Waals surface area contributed by atoms with Gasteiger partial charge in [0.25, 0.3) is 0 Å². The lowest BCUT2D eigenvalue weighted by Gasteiger charge is -2.36. The maximum atomic E-state index is 13.3. The lowest BCUT2D eigenvalue weighted by atomic mass is 9.94. The van der Waals surface area contributed by atoms with Crippen LogP contribution in [0.4, 0.5) is 0 Å². The minimum Gasteiger partial charge on any atom is -0.454 e. The summed E-state index contributed by atoms with van der Waals surface area (Å²) >= 11 is 0. The van der Waals surface area contributed by atoms with E-state index < -0.39 is 0 Å². The van der Waals surface area contributed by atoms with Crippen molar-refractivity contribution in [1.82, 2.24) is 14.7 Å². The second kappa shape index (κ2) is 7.99. The zero-order valence-electron chi connectivity index (χ0n) is 16.7. The highest BCUT2D eigenvalue weighted by Gasteiger charge is 2.35. The van der Waals surface area contributed by atoms with Gasteiger partial charge in [0, 0.05) is 32.1 Å². The molecule has 2 amide bonds. The van der Waals surface area contributed by atoms with Crippen LogP contribution < -0.4 is 9.47 Å². The number of rotatable bonds is 4. The normalized spacial score (nSPS) is 20.7. The fraction of sp³-hybridized carbons (Fsp3) is 0.619. The molecule has 2 saturated heterocycles. The number of amides is 2. The van der Waals surface area contributed by atoms with Gasteiger partial charge in [-0.3, -0.25) is 14.5 Å². The van der Waals surface area contributed by atoms with Crippen LogP contribution in [0.1, 0.15) is 37.3 Å². The van der Waals surface area contributed by atoms with Gasteiger partial charge < -0.3 is 19.3 Å². The number of ether oxygens (including phenoxy) is 2. The molecule has 0 spiro atoms. The molecule has 0 aromatic heterocycles. The van der Waals surface area contributed by atoms with E-state index in [0.29, 0.717) is 18.8 Å². The summed E-state index contributed by atoms with van der Waals surface area (Å²) in [6.45, 7) is 3.28. The van der Waals surface area contributed by atoms with Crippen molar-refractivity contribution in [2.24, 2.45) is 5.92 Å². The highest BCUT2D eigenvalue weighted by atomic mass is 16.7. The highest BCUT2D eigenvalue weighted by molar-refractivity contribution is 5.84. The number of nitrogens with zero attached hydrogens (tertiary/aromatic N) is 3. The van der Waals surface area contributed by atoms with E-state index in [1.807, 2.05) is 47.0 Å². The Kier molecular flexibility index (Phi) is 5.44. The molecule has 3 aliphatic heterocycles. The Balaban J connectivity index is 1.42. The number of hydrogen-bond donors (Lipinski definition) is 0. The van der Waals surface area contributed by atoms with Gasteiger partial charge in [-0.25, -0.2) is 0 Å². The predicted molar refractivity (Wildman–Crippen MR) is 104 cm³/mol. The zero-order chi connectivity index (χ0) is 19.7. The van der Waals surface area contributed by atoms with Crippen LogP contribution >= 0.6 is 0 Å². The van der Waals surface area contributed by atoms with Gasteiger partial charge in [0.1, 0.15) is 6.04 Å². The summed E-state index contributed by atoms with van der Waals surface area (Å²) in [5.41, 5.74) is 0.898. The standard InChI is InChI=1S/C21H29N3O4/c1-22(2)19(16-5-6-17-18(13-16)28-14-27-17)21(26)24-11-7-15(8-12-24)20(25)23-9-3-4-10-23/h5-6,13,15,19H,3-4,7-12,14H2,1-2H3/t19-/m0/s1. The molecule has 0 bridgehead atoms. The van der Waals surface area contributed by atoms with Crippen LogP contribution in [-0.4, -0.2) is 73.6 Å². The number of likely N-dealkylation sites (tertiary alicyclic amines) is 2. The monoisotopic (exact) mass is 387 g/mol. The van der Waals surface area contributed by atoms with Crippen LogP contribution in [0, 0.1) is 5.92 Å². The molecule has 152 valence electrons. The fourth-order valence-corrected chi connectivity index (χ4v) is 4.46. The highest BCUT2D eigenvalue weighted by Crippen LogP contribution is 2.36. The summed E-state index contributed by atoms with van der Waals surface area (Å²) in [5.74, 6) is 1.83. The van der Waals surface area contributed by atoms with Crippen molar-refractivity contribution in [2.75, 3.05) is 47.1 Å². The summed E-state index contributed by atoms with van der Waals surface area (Å²) in [6, 6.07) is 5.32. The van der Waals surface area contributed by atoms with Crippen molar-refractivity contribution >= 4 is 11.8 Å². The van der Waals surface area contributed by atoms with Gasteiger partial charge in [0.2, 0.25) is 18.6 Å². The average molecular weight is 387 g/mol. The minimum absolute atomic E-state index is 0.0606. The summed E-state index contributed by atoms with van der Waals surface area (Å²) in [5, 5.41) is 0. The van der Waals surface area contributed by atoms with Crippen LogP contribution in [0.15, 0.2) is 18.2 Å². The lowest BCUT2D eigenvalue weighted by Crippen LogP contribution is -2.47. The van der Waals surface area contributed by atoms with Gasteiger partial charge >= 0.3 is 0 Å². The molecule has 1 aromatic rings. The van der Waals surface area contributed by atoms with E-state index >= 15 is 0 Å². The van der Waals surface area contributed by atoms with Crippen molar-refractivity contribution in [3.05, 3.63) is 23.8 Å². The Morgan fingerprint density at radius 1 is 1.00 bits per heavy atom. The SMILES string of the molecule is CN(C)[C@H](C(=O)N1CCC(C(=O)N2CCCC2)CC1)c1ccc2c(c1)OCO2. The first-order valence-corrected chi connectivity index (χ1v) is 10.2. The zero-order valence-corrected chi connectivity index (χ0v) is 16.7. The van der Waals surface area contributed by atoms with Crippen LogP contribution in [0.2, 0.25) is 0 Å². The Bertz CT molecular complexity index is 737. The summed E-state index contributed by atoms with van der Waals surface area (Å²) in [4.78, 5) is 31.8. The fourth-order valence-electron chi connectivity index (χ4n) is 4.46. The molecule has 0 N–H and O–H groups in total. The first kappa shape index (κ1) is 19.1. The molecule has 3 aliphatic rings. The maximum absolute atomic E-state index is 13.3. The number of benzene rings is 1. The van der Waals surface area contributed by atoms with E-state index in [1.165, 1.54) is 0 Å². The third-order valence-corrected chi connectivity index (χ3v) is 6.04. The minimum atomic E-state index is -0.375. The average Bonchev–Trinajstić information content (AvgIpc) is 3.39. The van der Waals surface area contributed by atoms with Gasteiger partial charge in [0.05, 0.1) is 0 Å².